The number of aliphatic carboxylic acids is 1. The zero-order chi connectivity index (χ0) is 43.2. The lowest BCUT2D eigenvalue weighted by molar-refractivity contribution is -0.142. The summed E-state index contributed by atoms with van der Waals surface area (Å²) in [5.41, 5.74) is 28.7. The highest BCUT2D eigenvalue weighted by molar-refractivity contribution is 5.94. The van der Waals surface area contributed by atoms with E-state index in [0.717, 1.165) is 5.56 Å². The van der Waals surface area contributed by atoms with Crippen molar-refractivity contribution >= 4 is 53.4 Å². The maximum absolute atomic E-state index is 13.3. The number of carboxylic acids is 1. The maximum Gasteiger partial charge on any atom is 0.326 e. The predicted molar refractivity (Wildman–Crippen MR) is 209 cm³/mol. The van der Waals surface area contributed by atoms with Crippen LogP contribution >= 0.6 is 0 Å². The molecule has 0 aromatic heterocycles. The van der Waals surface area contributed by atoms with Crippen molar-refractivity contribution in [2.75, 3.05) is 19.6 Å². The smallest absolute Gasteiger partial charge is 0.326 e. The Morgan fingerprint density at radius 2 is 1.28 bits per heavy atom. The van der Waals surface area contributed by atoms with Gasteiger partial charge < -0.3 is 70.8 Å². The van der Waals surface area contributed by atoms with Crippen LogP contribution in [0.2, 0.25) is 0 Å². The van der Waals surface area contributed by atoms with Crippen molar-refractivity contribution in [3.05, 3.63) is 65.7 Å². The van der Waals surface area contributed by atoms with Gasteiger partial charge in [0, 0.05) is 19.5 Å². The fourth-order valence-corrected chi connectivity index (χ4v) is 5.30. The van der Waals surface area contributed by atoms with Crippen molar-refractivity contribution < 1.29 is 48.6 Å². The second-order valence-corrected chi connectivity index (χ2v) is 13.1. The number of hydrogen-bond acceptors (Lipinski definition) is 11. The zero-order valence-electron chi connectivity index (χ0n) is 31.6. The van der Waals surface area contributed by atoms with Crippen LogP contribution in [0.5, 0.6) is 5.75 Å². The summed E-state index contributed by atoms with van der Waals surface area (Å²) in [5.74, 6) is -6.60. The quantitative estimate of drug-likeness (QED) is 0.0259. The number of phenolic OH excluding ortho intramolecular Hbond substituents is 1. The highest BCUT2D eigenvalue weighted by atomic mass is 16.4. The molecule has 0 fully saturated rings. The molecule has 0 saturated carbocycles. The second kappa shape index (κ2) is 24.5. The number of urea groups is 1. The van der Waals surface area contributed by atoms with Crippen molar-refractivity contribution in [1.82, 2.24) is 31.9 Å². The van der Waals surface area contributed by atoms with Crippen molar-refractivity contribution in [3.8, 4) is 5.75 Å². The Hall–Kier alpha value is -6.97. The summed E-state index contributed by atoms with van der Waals surface area (Å²) in [6.45, 7) is -0.640. The van der Waals surface area contributed by atoms with E-state index in [1.165, 1.54) is 12.1 Å². The standard InChI is InChI=1S/C36H52N12O10/c37-23(16-21-10-12-22(49)13-11-21)31(53)46-24(32(54)44-19-29(51)45-26(30(39)52)17-20-6-2-1-3-7-20)8-4-15-43-36(58)48-27(18-28(38)50)33(55)47-25(34(56)57)9-5-14-42-35(40)41/h1-3,6-7,10-13,23-27,49H,4-5,8-9,14-19,37H2,(H2,38,50)(H2,39,52)(H,44,54)(H,45,51)(H,46,53)(H,47,55)(H,56,57)(H4,40,41,42)(H2,43,48,58)/t23-,24+,25-,26-,27-/m0/s1. The van der Waals surface area contributed by atoms with Crippen molar-refractivity contribution in [2.24, 2.45) is 33.7 Å². The van der Waals surface area contributed by atoms with Crippen LogP contribution in [0.4, 0.5) is 4.79 Å². The topological polar surface area (TPSA) is 392 Å². The van der Waals surface area contributed by atoms with Gasteiger partial charge in [0.15, 0.2) is 5.96 Å². The summed E-state index contributed by atoms with van der Waals surface area (Å²) in [6.07, 6.45) is -0.473. The summed E-state index contributed by atoms with van der Waals surface area (Å²) in [7, 11) is 0. The monoisotopic (exact) mass is 812 g/mol. The van der Waals surface area contributed by atoms with Crippen LogP contribution in [-0.4, -0.2) is 113 Å². The van der Waals surface area contributed by atoms with Gasteiger partial charge in [-0.25, -0.2) is 9.59 Å². The molecule has 0 aliphatic rings. The number of nitrogens with two attached hydrogens (primary N) is 5. The number of hydrogen-bond donors (Lipinski definition) is 13. The molecule has 2 aromatic rings. The molecule has 0 bridgehead atoms. The molecule has 0 radical (unpaired) electrons. The number of phenols is 1. The number of carbonyl (C=O) groups excluding carboxylic acids is 7. The number of aromatic hydroxyl groups is 1. The van der Waals surface area contributed by atoms with Gasteiger partial charge in [0.05, 0.1) is 19.0 Å². The van der Waals surface area contributed by atoms with Gasteiger partial charge in [0.1, 0.15) is 29.9 Å². The van der Waals surface area contributed by atoms with Gasteiger partial charge in [-0.2, -0.15) is 0 Å². The minimum Gasteiger partial charge on any atom is -0.508 e. The van der Waals surface area contributed by atoms with E-state index in [4.69, 9.17) is 28.7 Å². The summed E-state index contributed by atoms with van der Waals surface area (Å²) in [4.78, 5) is 104. The largest absolute Gasteiger partial charge is 0.508 e. The van der Waals surface area contributed by atoms with Gasteiger partial charge in [0.25, 0.3) is 0 Å². The first kappa shape index (κ1) is 47.2. The van der Waals surface area contributed by atoms with E-state index >= 15 is 0 Å². The Kier molecular flexibility index (Phi) is 19.9. The molecule has 0 heterocycles. The van der Waals surface area contributed by atoms with Crippen LogP contribution in [0.1, 0.15) is 43.2 Å². The molecular formula is C36H52N12O10. The molecule has 316 valence electrons. The molecule has 58 heavy (non-hydrogen) atoms. The number of guanidine groups is 1. The van der Waals surface area contributed by atoms with E-state index < -0.39 is 90.6 Å². The number of nitrogens with one attached hydrogen (secondary N) is 6. The van der Waals surface area contributed by atoms with Gasteiger partial charge in [-0.3, -0.25) is 33.8 Å². The number of rotatable bonds is 25. The van der Waals surface area contributed by atoms with Crippen LogP contribution in [0, 0.1) is 0 Å². The van der Waals surface area contributed by atoms with Gasteiger partial charge in [-0.15, -0.1) is 0 Å². The first-order valence-electron chi connectivity index (χ1n) is 18.1. The zero-order valence-corrected chi connectivity index (χ0v) is 31.6. The van der Waals surface area contributed by atoms with Crippen molar-refractivity contribution in [3.63, 3.8) is 0 Å². The second-order valence-electron chi connectivity index (χ2n) is 13.1. The van der Waals surface area contributed by atoms with Gasteiger partial charge in [-0.05, 0) is 55.4 Å². The van der Waals surface area contributed by atoms with E-state index in [2.05, 4.69) is 36.9 Å². The average molecular weight is 813 g/mol. The van der Waals surface area contributed by atoms with Gasteiger partial charge in [0.2, 0.25) is 35.4 Å². The molecule has 22 nitrogen and oxygen atoms in total. The molecule has 0 aliphatic carbocycles. The van der Waals surface area contributed by atoms with E-state index in [1.807, 2.05) is 0 Å². The Morgan fingerprint density at radius 1 is 0.655 bits per heavy atom. The fraction of sp³-hybridized carbons (Fsp3) is 0.417. The number of carboxylic acid groups (broad SMARTS) is 1. The van der Waals surface area contributed by atoms with Gasteiger partial charge >= 0.3 is 12.0 Å². The lowest BCUT2D eigenvalue weighted by Gasteiger charge is -2.22. The summed E-state index contributed by atoms with van der Waals surface area (Å²) >= 11 is 0. The predicted octanol–water partition coefficient (Wildman–Crippen LogP) is -3.98. The Bertz CT molecular complexity index is 1760. The average Bonchev–Trinajstić information content (AvgIpc) is 3.16. The number of primary amides is 2. The lowest BCUT2D eigenvalue weighted by atomic mass is 10.0. The molecule has 0 aliphatic heterocycles. The molecule has 22 heteroatoms. The van der Waals surface area contributed by atoms with Gasteiger partial charge in [-0.1, -0.05) is 42.5 Å². The molecular weight excluding hydrogens is 760 g/mol. The molecule has 0 unspecified atom stereocenters. The molecule has 2 rings (SSSR count). The van der Waals surface area contributed by atoms with Crippen LogP contribution in [0.15, 0.2) is 59.6 Å². The third-order valence-corrected chi connectivity index (χ3v) is 8.29. The number of amides is 8. The first-order valence-corrected chi connectivity index (χ1v) is 18.1. The summed E-state index contributed by atoms with van der Waals surface area (Å²) in [5, 5.41) is 33.4. The van der Waals surface area contributed by atoms with Crippen LogP contribution in [0.3, 0.4) is 0 Å². The normalized spacial score (nSPS) is 13.2. The Balaban J connectivity index is 2.05. The summed E-state index contributed by atoms with van der Waals surface area (Å²) in [6, 6.07) is 7.36. The number of aliphatic imine (C=N–C) groups is 1. The minimum absolute atomic E-state index is 0.0119. The highest BCUT2D eigenvalue weighted by Crippen LogP contribution is 2.11. The fourth-order valence-electron chi connectivity index (χ4n) is 5.30. The van der Waals surface area contributed by atoms with E-state index in [-0.39, 0.29) is 63.3 Å². The number of carbonyl (C=O) groups is 8. The number of benzene rings is 2. The van der Waals surface area contributed by atoms with E-state index in [9.17, 15) is 48.6 Å². The molecule has 2 aromatic carbocycles. The molecule has 5 atom stereocenters. The Morgan fingerprint density at radius 3 is 1.88 bits per heavy atom. The molecule has 8 amide bonds. The maximum atomic E-state index is 13.3. The third kappa shape index (κ3) is 18.6. The van der Waals surface area contributed by atoms with Crippen LogP contribution in [-0.2, 0) is 46.4 Å². The lowest BCUT2D eigenvalue weighted by Crippen LogP contribution is -2.55. The molecule has 0 saturated heterocycles. The van der Waals surface area contributed by atoms with Crippen molar-refractivity contribution in [1.29, 1.82) is 0 Å². The molecule has 18 N–H and O–H groups in total. The van der Waals surface area contributed by atoms with Crippen LogP contribution < -0.4 is 60.6 Å². The SMILES string of the molecule is NC(=O)C[C@H](NC(=O)NCCC[C@@H](NC(=O)[C@@H](N)Cc1ccc(O)cc1)C(=O)NCC(=O)N[C@@H](Cc1ccccc1)C(N)=O)C(=O)N[C@@H](CCCN=C(N)N)C(=O)O. The molecule has 0 spiro atoms. The minimum atomic E-state index is -1.56. The van der Waals surface area contributed by atoms with E-state index in [1.54, 1.807) is 42.5 Å². The third-order valence-electron chi connectivity index (χ3n) is 8.29. The summed E-state index contributed by atoms with van der Waals surface area (Å²) < 4.78 is 0. The Labute approximate surface area is 333 Å². The van der Waals surface area contributed by atoms with Crippen LogP contribution in [0.25, 0.3) is 0 Å². The van der Waals surface area contributed by atoms with Crippen molar-refractivity contribution in [2.45, 2.75) is 75.2 Å². The van der Waals surface area contributed by atoms with E-state index in [0.29, 0.717) is 5.56 Å². The number of nitrogens with zero attached hydrogens (tertiary/aromatic N) is 1. The first-order chi connectivity index (χ1) is 27.4. The highest BCUT2D eigenvalue weighted by Gasteiger charge is 2.29.